The molecule has 0 bridgehead atoms. The molecule has 1 aliphatic heterocycles. The third kappa shape index (κ3) is 1.46. The number of carbonyl (C=O) groups excluding carboxylic acids is 2. The first kappa shape index (κ1) is 7.94. The molecule has 1 rings (SSSR count). The van der Waals surface area contributed by atoms with Crippen LogP contribution in [0.5, 0.6) is 0 Å². The summed E-state index contributed by atoms with van der Waals surface area (Å²) < 4.78 is 0. The van der Waals surface area contributed by atoms with Crippen molar-refractivity contribution in [3.8, 4) is 0 Å². The van der Waals surface area contributed by atoms with E-state index in [1.165, 1.54) is 4.90 Å². The van der Waals surface area contributed by atoms with Crippen LogP contribution in [-0.4, -0.2) is 36.2 Å². The summed E-state index contributed by atoms with van der Waals surface area (Å²) in [5.74, 6) is -0.188. The molecule has 2 N–H and O–H groups in total. The third-order valence-corrected chi connectivity index (χ3v) is 1.63. The summed E-state index contributed by atoms with van der Waals surface area (Å²) in [6, 6.07) is -0.397. The highest BCUT2D eigenvalue weighted by Gasteiger charge is 2.22. The van der Waals surface area contributed by atoms with Gasteiger partial charge in [0.15, 0.2) is 0 Å². The first-order valence-electron chi connectivity index (χ1n) is 3.41. The van der Waals surface area contributed by atoms with Crippen molar-refractivity contribution in [2.24, 2.45) is 5.73 Å². The topological polar surface area (TPSA) is 63.4 Å². The van der Waals surface area contributed by atoms with Crippen LogP contribution >= 0.6 is 0 Å². The van der Waals surface area contributed by atoms with Gasteiger partial charge in [-0.15, -0.1) is 0 Å². The van der Waals surface area contributed by atoms with Gasteiger partial charge >= 0.3 is 0 Å². The van der Waals surface area contributed by atoms with Gasteiger partial charge in [0.2, 0.25) is 5.91 Å². The van der Waals surface area contributed by atoms with Gasteiger partial charge in [-0.1, -0.05) is 12.2 Å². The molecular formula is C7H10N2O2. The van der Waals surface area contributed by atoms with Crippen LogP contribution in [0.4, 0.5) is 0 Å². The number of amides is 1. The van der Waals surface area contributed by atoms with E-state index < -0.39 is 6.04 Å². The van der Waals surface area contributed by atoms with E-state index >= 15 is 0 Å². The van der Waals surface area contributed by atoms with E-state index in [1.54, 1.807) is 12.2 Å². The molecule has 0 aromatic rings. The van der Waals surface area contributed by atoms with Gasteiger partial charge < -0.3 is 15.4 Å². The molecule has 60 valence electrons. The lowest BCUT2D eigenvalue weighted by molar-refractivity contribution is -0.132. The zero-order chi connectivity index (χ0) is 8.27. The van der Waals surface area contributed by atoms with Crippen LogP contribution in [0.1, 0.15) is 0 Å². The average Bonchev–Trinajstić information content (AvgIpc) is 2.50. The van der Waals surface area contributed by atoms with Crippen molar-refractivity contribution in [2.75, 3.05) is 13.1 Å². The highest BCUT2D eigenvalue weighted by molar-refractivity contribution is 5.83. The quantitative estimate of drug-likeness (QED) is 0.406. The fraction of sp³-hybridized carbons (Fsp3) is 0.429. The molecule has 0 aliphatic carbocycles. The molecule has 11 heavy (non-hydrogen) atoms. The van der Waals surface area contributed by atoms with Gasteiger partial charge in [0.1, 0.15) is 12.3 Å². The summed E-state index contributed by atoms with van der Waals surface area (Å²) in [6.07, 6.45) is 4.21. The number of hydrogen-bond acceptors (Lipinski definition) is 3. The van der Waals surface area contributed by atoms with Gasteiger partial charge in [-0.25, -0.2) is 0 Å². The lowest BCUT2D eigenvalue weighted by Gasteiger charge is -2.18. The lowest BCUT2D eigenvalue weighted by Crippen LogP contribution is -2.40. The number of nitrogens with zero attached hydrogens (tertiary/aromatic N) is 1. The Hall–Kier alpha value is -1.16. The van der Waals surface area contributed by atoms with E-state index in [2.05, 4.69) is 0 Å². The predicted molar refractivity (Wildman–Crippen MR) is 39.8 cm³/mol. The van der Waals surface area contributed by atoms with E-state index in [9.17, 15) is 9.59 Å². The highest BCUT2D eigenvalue weighted by Crippen LogP contribution is 2.06. The van der Waals surface area contributed by atoms with Crippen LogP contribution in [0.25, 0.3) is 0 Å². The maximum Gasteiger partial charge on any atom is 0.237 e. The number of carbonyl (C=O) groups is 2. The smallest absolute Gasteiger partial charge is 0.237 e. The molecule has 0 spiro atoms. The van der Waals surface area contributed by atoms with Crippen molar-refractivity contribution < 1.29 is 9.59 Å². The van der Waals surface area contributed by atoms with Crippen LogP contribution in [0, 0.1) is 0 Å². The van der Waals surface area contributed by atoms with Crippen molar-refractivity contribution in [3.05, 3.63) is 12.2 Å². The van der Waals surface area contributed by atoms with Crippen molar-refractivity contribution in [2.45, 2.75) is 6.04 Å². The Kier molecular flexibility index (Phi) is 2.38. The van der Waals surface area contributed by atoms with Crippen molar-refractivity contribution in [1.82, 2.24) is 4.90 Å². The first-order valence-corrected chi connectivity index (χ1v) is 3.41. The maximum absolute atomic E-state index is 11.0. The molecule has 0 aromatic carbocycles. The Morgan fingerprint density at radius 1 is 1.82 bits per heavy atom. The molecule has 0 unspecified atom stereocenters. The molecule has 0 radical (unpaired) electrons. The summed E-state index contributed by atoms with van der Waals surface area (Å²) in [5, 5.41) is 0. The second kappa shape index (κ2) is 3.30. The molecule has 0 saturated carbocycles. The predicted octanol–water partition coefficient (Wildman–Crippen LogP) is -1.09. The molecule has 4 heteroatoms. The normalized spacial score (nSPS) is 22.3. The van der Waals surface area contributed by atoms with Gasteiger partial charge in [0, 0.05) is 6.54 Å². The number of rotatable bonds is 2. The molecule has 1 heterocycles. The molecule has 1 aliphatic rings. The second-order valence-electron chi connectivity index (χ2n) is 2.31. The Labute approximate surface area is 64.7 Å². The van der Waals surface area contributed by atoms with Crippen LogP contribution in [0.15, 0.2) is 12.2 Å². The summed E-state index contributed by atoms with van der Waals surface area (Å²) in [6.45, 7) is 0.464. The Balaban J connectivity index is 2.60. The molecular weight excluding hydrogens is 144 g/mol. The fourth-order valence-electron chi connectivity index (χ4n) is 1.04. The van der Waals surface area contributed by atoms with E-state index in [1.807, 2.05) is 0 Å². The van der Waals surface area contributed by atoms with Crippen LogP contribution < -0.4 is 5.73 Å². The minimum Gasteiger partial charge on any atom is -0.325 e. The summed E-state index contributed by atoms with van der Waals surface area (Å²) >= 11 is 0. The lowest BCUT2D eigenvalue weighted by atomic mass is 10.3. The van der Waals surface area contributed by atoms with Gasteiger partial charge in [-0.3, -0.25) is 4.79 Å². The molecule has 0 fully saturated rings. The van der Waals surface area contributed by atoms with Crippen molar-refractivity contribution in [3.63, 3.8) is 0 Å². The minimum atomic E-state index is -0.397. The third-order valence-electron chi connectivity index (χ3n) is 1.63. The largest absolute Gasteiger partial charge is 0.325 e. The van der Waals surface area contributed by atoms with Crippen molar-refractivity contribution in [1.29, 1.82) is 0 Å². The molecule has 0 saturated heterocycles. The van der Waals surface area contributed by atoms with Crippen LogP contribution in [0.2, 0.25) is 0 Å². The number of nitrogens with two attached hydrogens (primary N) is 1. The Morgan fingerprint density at radius 3 is 3.09 bits per heavy atom. The van der Waals surface area contributed by atoms with Gasteiger partial charge in [-0.2, -0.15) is 0 Å². The minimum absolute atomic E-state index is 0.0357. The van der Waals surface area contributed by atoms with E-state index in [-0.39, 0.29) is 12.5 Å². The van der Waals surface area contributed by atoms with Crippen molar-refractivity contribution >= 4 is 12.2 Å². The van der Waals surface area contributed by atoms with E-state index in [0.717, 1.165) is 6.29 Å². The summed E-state index contributed by atoms with van der Waals surface area (Å²) in [4.78, 5) is 22.8. The Morgan fingerprint density at radius 2 is 2.55 bits per heavy atom. The summed E-state index contributed by atoms with van der Waals surface area (Å²) in [7, 11) is 0. The monoisotopic (exact) mass is 154 g/mol. The molecule has 0 aromatic heterocycles. The fourth-order valence-corrected chi connectivity index (χ4v) is 1.04. The van der Waals surface area contributed by atoms with Gasteiger partial charge in [0.05, 0.1) is 6.54 Å². The Bertz CT molecular complexity index is 201. The SMILES string of the molecule is NCC(=O)N1CC=C[C@H]1C=O. The summed E-state index contributed by atoms with van der Waals surface area (Å²) in [5.41, 5.74) is 5.13. The zero-order valence-corrected chi connectivity index (χ0v) is 6.06. The van der Waals surface area contributed by atoms with Crippen LogP contribution in [0.3, 0.4) is 0 Å². The molecule has 1 amide bonds. The van der Waals surface area contributed by atoms with E-state index in [0.29, 0.717) is 6.54 Å². The number of aldehydes is 1. The first-order chi connectivity index (χ1) is 5.29. The molecule has 4 nitrogen and oxygen atoms in total. The van der Waals surface area contributed by atoms with Gasteiger partial charge in [0.25, 0.3) is 0 Å². The van der Waals surface area contributed by atoms with Crippen LogP contribution in [-0.2, 0) is 9.59 Å². The standard InChI is InChI=1S/C7H10N2O2/c8-4-7(11)9-3-1-2-6(9)5-10/h1-2,5-6H,3-4,8H2/t6-/m0/s1. The average molecular weight is 154 g/mol. The highest BCUT2D eigenvalue weighted by atomic mass is 16.2. The number of hydrogen-bond donors (Lipinski definition) is 1. The van der Waals surface area contributed by atoms with Gasteiger partial charge in [-0.05, 0) is 0 Å². The van der Waals surface area contributed by atoms with E-state index in [4.69, 9.17) is 5.73 Å². The maximum atomic E-state index is 11.0. The second-order valence-corrected chi connectivity index (χ2v) is 2.31. The zero-order valence-electron chi connectivity index (χ0n) is 6.06. The molecule has 1 atom stereocenters.